The lowest BCUT2D eigenvalue weighted by atomic mass is 10.2. The van der Waals surface area contributed by atoms with Crippen molar-refractivity contribution in [3.05, 3.63) is 64.2 Å². The van der Waals surface area contributed by atoms with Gasteiger partial charge in [-0.05, 0) is 36.5 Å². The minimum absolute atomic E-state index is 0.0282. The number of thiocarbonyl (C=S) groups is 1. The van der Waals surface area contributed by atoms with Crippen LogP contribution in [0.1, 0.15) is 23.7 Å². The van der Waals surface area contributed by atoms with Crippen LogP contribution < -0.4 is 16.0 Å². The number of nitro benzene ring substituents is 1. The molecule has 9 heteroatoms. The Kier molecular flexibility index (Phi) is 6.34. The molecule has 0 aromatic heterocycles. The number of benzene rings is 2. The molecule has 0 fully saturated rings. The Morgan fingerprint density at radius 2 is 1.73 bits per heavy atom. The minimum Gasteiger partial charge on any atom is -0.332 e. The number of hydrogen-bond donors (Lipinski definition) is 3. The zero-order chi connectivity index (χ0) is 19.1. The number of hydrogen-bond acceptors (Lipinski definition) is 5. The van der Waals surface area contributed by atoms with E-state index in [1.165, 1.54) is 24.3 Å². The van der Waals surface area contributed by atoms with Gasteiger partial charge < -0.3 is 10.6 Å². The van der Waals surface area contributed by atoms with Crippen LogP contribution >= 0.6 is 12.2 Å². The molecule has 0 aliphatic rings. The van der Waals surface area contributed by atoms with E-state index < -0.39 is 10.8 Å². The highest BCUT2D eigenvalue weighted by Crippen LogP contribution is 2.16. The molecule has 0 radical (unpaired) electrons. The van der Waals surface area contributed by atoms with Gasteiger partial charge in [-0.3, -0.25) is 25.0 Å². The highest BCUT2D eigenvalue weighted by Gasteiger charge is 2.12. The summed E-state index contributed by atoms with van der Waals surface area (Å²) in [6.45, 7) is 1.75. The molecule has 3 N–H and O–H groups in total. The summed E-state index contributed by atoms with van der Waals surface area (Å²) in [6.07, 6.45) is 0.356. The lowest BCUT2D eigenvalue weighted by Gasteiger charge is -2.11. The fourth-order valence-electron chi connectivity index (χ4n) is 2.02. The highest BCUT2D eigenvalue weighted by molar-refractivity contribution is 7.80. The van der Waals surface area contributed by atoms with Crippen molar-refractivity contribution in [2.75, 3.05) is 10.6 Å². The number of nitrogens with one attached hydrogen (secondary N) is 3. The van der Waals surface area contributed by atoms with Crippen molar-refractivity contribution in [3.63, 3.8) is 0 Å². The number of nitrogens with zero attached hydrogens (tertiary/aromatic N) is 1. The van der Waals surface area contributed by atoms with E-state index in [2.05, 4.69) is 16.0 Å². The van der Waals surface area contributed by atoms with Gasteiger partial charge in [-0.1, -0.05) is 19.1 Å². The van der Waals surface area contributed by atoms with Gasteiger partial charge in [-0.2, -0.15) is 0 Å². The van der Waals surface area contributed by atoms with Crippen LogP contribution in [0.25, 0.3) is 0 Å². The largest absolute Gasteiger partial charge is 0.332 e. The Morgan fingerprint density at radius 1 is 1.08 bits per heavy atom. The van der Waals surface area contributed by atoms with Crippen molar-refractivity contribution in [3.8, 4) is 0 Å². The lowest BCUT2D eigenvalue weighted by Crippen LogP contribution is -2.34. The summed E-state index contributed by atoms with van der Waals surface area (Å²) in [5, 5.41) is 18.8. The van der Waals surface area contributed by atoms with Crippen LogP contribution in [0.15, 0.2) is 48.5 Å². The van der Waals surface area contributed by atoms with E-state index in [9.17, 15) is 19.7 Å². The maximum Gasteiger partial charge on any atom is 0.270 e. The molecular formula is C17H16N4O4S. The molecule has 26 heavy (non-hydrogen) atoms. The number of non-ortho nitro benzene ring substituents is 1. The van der Waals surface area contributed by atoms with Crippen molar-refractivity contribution in [2.45, 2.75) is 13.3 Å². The second-order valence-electron chi connectivity index (χ2n) is 5.20. The number of anilines is 2. The number of rotatable bonds is 5. The van der Waals surface area contributed by atoms with Crippen LogP contribution in [-0.2, 0) is 4.79 Å². The highest BCUT2D eigenvalue weighted by atomic mass is 32.1. The van der Waals surface area contributed by atoms with E-state index in [0.29, 0.717) is 17.8 Å². The number of carbonyl (C=O) groups is 2. The zero-order valence-corrected chi connectivity index (χ0v) is 14.6. The Hall–Kier alpha value is -3.33. The van der Waals surface area contributed by atoms with Gasteiger partial charge in [0.15, 0.2) is 5.11 Å². The molecule has 2 aromatic rings. The summed E-state index contributed by atoms with van der Waals surface area (Å²) >= 11 is 5.09. The third kappa shape index (κ3) is 5.35. The molecule has 2 rings (SSSR count). The average molecular weight is 372 g/mol. The van der Waals surface area contributed by atoms with E-state index >= 15 is 0 Å². The van der Waals surface area contributed by atoms with Gasteiger partial charge in [0, 0.05) is 35.5 Å². The van der Waals surface area contributed by atoms with E-state index in [-0.39, 0.29) is 22.3 Å². The first-order chi connectivity index (χ1) is 12.4. The topological polar surface area (TPSA) is 113 Å². The quantitative estimate of drug-likeness (QED) is 0.422. The fourth-order valence-corrected chi connectivity index (χ4v) is 2.23. The van der Waals surface area contributed by atoms with Gasteiger partial charge in [0.05, 0.1) is 4.92 Å². The second kappa shape index (κ2) is 8.67. The normalized spacial score (nSPS) is 9.88. The van der Waals surface area contributed by atoms with E-state index in [4.69, 9.17) is 12.2 Å². The van der Waals surface area contributed by atoms with Crippen molar-refractivity contribution in [1.29, 1.82) is 0 Å². The molecule has 0 heterocycles. The molecule has 0 spiro atoms. The second-order valence-corrected chi connectivity index (χ2v) is 5.61. The third-order valence-electron chi connectivity index (χ3n) is 3.27. The first kappa shape index (κ1) is 19.0. The summed E-state index contributed by atoms with van der Waals surface area (Å²) in [5.41, 5.74) is 1.10. The molecule has 0 aliphatic carbocycles. The molecule has 0 bridgehead atoms. The molecule has 8 nitrogen and oxygen atoms in total. The van der Waals surface area contributed by atoms with Gasteiger partial charge in [-0.15, -0.1) is 0 Å². The molecule has 2 amide bonds. The smallest absolute Gasteiger partial charge is 0.270 e. The predicted molar refractivity (Wildman–Crippen MR) is 102 cm³/mol. The van der Waals surface area contributed by atoms with Gasteiger partial charge in [0.25, 0.3) is 11.6 Å². The minimum atomic E-state index is -0.580. The molecule has 0 atom stereocenters. The number of carbonyl (C=O) groups excluding carboxylic acids is 2. The van der Waals surface area contributed by atoms with Gasteiger partial charge in [-0.25, -0.2) is 0 Å². The van der Waals surface area contributed by atoms with Gasteiger partial charge in [0.1, 0.15) is 0 Å². The van der Waals surface area contributed by atoms with Gasteiger partial charge >= 0.3 is 0 Å². The summed E-state index contributed by atoms with van der Waals surface area (Å²) in [6, 6.07) is 12.2. The first-order valence-corrected chi connectivity index (χ1v) is 8.06. The lowest BCUT2D eigenvalue weighted by molar-refractivity contribution is -0.384. The fraction of sp³-hybridized carbons (Fsp3) is 0.118. The van der Waals surface area contributed by atoms with Crippen LogP contribution in [0.5, 0.6) is 0 Å². The van der Waals surface area contributed by atoms with Crippen molar-refractivity contribution < 1.29 is 14.5 Å². The maximum absolute atomic E-state index is 12.2. The molecule has 0 aliphatic heterocycles. The Labute approximate surface area is 154 Å². The van der Waals surface area contributed by atoms with E-state index in [1.54, 1.807) is 31.2 Å². The number of amides is 2. The average Bonchev–Trinajstić information content (AvgIpc) is 2.61. The molecular weight excluding hydrogens is 356 g/mol. The molecule has 134 valence electrons. The molecule has 0 saturated heterocycles. The van der Waals surface area contributed by atoms with Crippen molar-refractivity contribution in [2.24, 2.45) is 0 Å². The van der Waals surface area contributed by atoms with Crippen LogP contribution in [0.3, 0.4) is 0 Å². The van der Waals surface area contributed by atoms with E-state index in [0.717, 1.165) is 0 Å². The monoisotopic (exact) mass is 372 g/mol. The third-order valence-corrected chi connectivity index (χ3v) is 3.48. The summed E-state index contributed by atoms with van der Waals surface area (Å²) < 4.78 is 0. The molecule has 0 saturated carbocycles. The van der Waals surface area contributed by atoms with Crippen LogP contribution in [0.4, 0.5) is 17.1 Å². The van der Waals surface area contributed by atoms with Gasteiger partial charge in [0.2, 0.25) is 5.91 Å². The summed E-state index contributed by atoms with van der Waals surface area (Å²) in [5.74, 6) is -0.689. The Balaban J connectivity index is 2.01. The zero-order valence-electron chi connectivity index (χ0n) is 13.8. The molecule has 2 aromatic carbocycles. The predicted octanol–water partition coefficient (Wildman–Crippen LogP) is 3.07. The Morgan fingerprint density at radius 3 is 2.38 bits per heavy atom. The van der Waals surface area contributed by atoms with Crippen LogP contribution in [0, 0.1) is 10.1 Å². The van der Waals surface area contributed by atoms with E-state index in [1.807, 2.05) is 0 Å². The summed E-state index contributed by atoms with van der Waals surface area (Å²) in [7, 11) is 0. The van der Waals surface area contributed by atoms with Crippen molar-refractivity contribution >= 4 is 46.2 Å². The van der Waals surface area contributed by atoms with Crippen molar-refractivity contribution in [1.82, 2.24) is 5.32 Å². The first-order valence-electron chi connectivity index (χ1n) is 7.65. The molecule has 0 unspecified atom stereocenters. The maximum atomic E-state index is 12.2. The Bertz CT molecular complexity index is 869. The standard InChI is InChI=1S/C17H16N4O4S/c1-2-15(22)18-12-6-4-7-13(10-12)19-17(26)20-16(23)11-5-3-8-14(9-11)21(24)25/h3-10H,2H2,1H3,(H,18,22)(H2,19,20,23,26). The SMILES string of the molecule is CCC(=O)Nc1cccc(NC(=S)NC(=O)c2cccc([N+](=O)[O-])c2)c1. The van der Waals surface area contributed by atoms with Crippen LogP contribution in [-0.4, -0.2) is 21.9 Å². The van der Waals surface area contributed by atoms with Crippen LogP contribution in [0.2, 0.25) is 0 Å². The number of nitro groups is 1. The summed E-state index contributed by atoms with van der Waals surface area (Å²) in [4.78, 5) is 33.8.